The van der Waals surface area contributed by atoms with Gasteiger partial charge in [-0.05, 0) is 55.0 Å². The maximum Gasteiger partial charge on any atom is 0.264 e. The number of rotatable bonds is 5. The Morgan fingerprint density at radius 3 is 2.42 bits per heavy atom. The van der Waals surface area contributed by atoms with Gasteiger partial charge in [-0.15, -0.1) is 0 Å². The molecule has 0 saturated carbocycles. The van der Waals surface area contributed by atoms with Gasteiger partial charge in [-0.3, -0.25) is 14.5 Å². The maximum absolute atomic E-state index is 13.1. The summed E-state index contributed by atoms with van der Waals surface area (Å²) >= 11 is 5.96. The van der Waals surface area contributed by atoms with Gasteiger partial charge in [-0.25, -0.2) is 18.7 Å². The summed E-state index contributed by atoms with van der Waals surface area (Å²) in [6.07, 6.45) is 0. The Hall–Kier alpha value is -2.16. The van der Waals surface area contributed by atoms with Crippen molar-refractivity contribution < 1.29 is 17.6 Å². The number of hydrazine groups is 1. The number of hydrogen-bond acceptors (Lipinski definition) is 4. The summed E-state index contributed by atoms with van der Waals surface area (Å²) in [4.78, 5) is 11.5. The molecule has 2 aromatic rings. The van der Waals surface area contributed by atoms with Gasteiger partial charge in [0.25, 0.3) is 15.9 Å². The van der Waals surface area contributed by atoms with Gasteiger partial charge in [0.05, 0.1) is 10.6 Å². The Kier molecular flexibility index (Phi) is 5.43. The monoisotopic (exact) mass is 371 g/mol. The van der Waals surface area contributed by atoms with Crippen LogP contribution in [0.3, 0.4) is 0 Å². The fourth-order valence-electron chi connectivity index (χ4n) is 2.01. The van der Waals surface area contributed by atoms with Crippen molar-refractivity contribution in [1.29, 1.82) is 0 Å². The van der Waals surface area contributed by atoms with Crippen molar-refractivity contribution in [1.82, 2.24) is 5.43 Å². The number of sulfonamides is 1. The van der Waals surface area contributed by atoms with Gasteiger partial charge in [-0.2, -0.15) is 0 Å². The quantitative estimate of drug-likeness (QED) is 0.477. The number of carbonyl (C=O) groups is 1. The van der Waals surface area contributed by atoms with E-state index in [1.54, 1.807) is 6.92 Å². The van der Waals surface area contributed by atoms with Crippen LogP contribution in [0.2, 0.25) is 5.02 Å². The summed E-state index contributed by atoms with van der Waals surface area (Å²) in [7, 11) is -4.10. The predicted molar refractivity (Wildman–Crippen MR) is 89.5 cm³/mol. The summed E-state index contributed by atoms with van der Waals surface area (Å²) in [5.74, 6) is 3.79. The van der Waals surface area contributed by atoms with Gasteiger partial charge >= 0.3 is 0 Å². The second-order valence-corrected chi connectivity index (χ2v) is 7.24. The highest BCUT2D eigenvalue weighted by molar-refractivity contribution is 7.92. The third-order valence-corrected chi connectivity index (χ3v) is 5.49. The number of halogens is 2. The van der Waals surface area contributed by atoms with Crippen molar-refractivity contribution >= 4 is 33.2 Å². The molecular weight excluding hydrogens is 357 g/mol. The van der Waals surface area contributed by atoms with Crippen LogP contribution < -0.4 is 15.6 Å². The van der Waals surface area contributed by atoms with Crippen LogP contribution in [0.4, 0.5) is 10.1 Å². The van der Waals surface area contributed by atoms with Crippen molar-refractivity contribution in [2.75, 3.05) is 10.8 Å². The SMILES string of the molecule is Cc1cc(N(CC(=O)NN)S(=O)(=O)c2ccc(F)cc2)ccc1Cl. The molecule has 6 nitrogen and oxygen atoms in total. The number of aryl methyl sites for hydroxylation is 1. The topological polar surface area (TPSA) is 92.5 Å². The van der Waals surface area contributed by atoms with E-state index in [2.05, 4.69) is 0 Å². The van der Waals surface area contributed by atoms with Gasteiger partial charge in [0.1, 0.15) is 12.4 Å². The molecule has 0 radical (unpaired) electrons. The zero-order chi connectivity index (χ0) is 17.9. The highest BCUT2D eigenvalue weighted by Gasteiger charge is 2.27. The van der Waals surface area contributed by atoms with Gasteiger partial charge in [-0.1, -0.05) is 11.6 Å². The zero-order valence-corrected chi connectivity index (χ0v) is 14.2. The minimum Gasteiger partial charge on any atom is -0.293 e. The minimum absolute atomic E-state index is 0.152. The lowest BCUT2D eigenvalue weighted by atomic mass is 10.2. The number of hydrogen-bond donors (Lipinski definition) is 2. The lowest BCUT2D eigenvalue weighted by Gasteiger charge is -2.24. The molecule has 1 amide bonds. The first-order valence-electron chi connectivity index (χ1n) is 6.79. The fraction of sp³-hybridized carbons (Fsp3) is 0.133. The third kappa shape index (κ3) is 3.84. The van der Waals surface area contributed by atoms with E-state index in [1.807, 2.05) is 5.43 Å². The van der Waals surface area contributed by atoms with Crippen LogP contribution in [-0.2, 0) is 14.8 Å². The lowest BCUT2D eigenvalue weighted by molar-refractivity contribution is -0.119. The molecule has 0 heterocycles. The van der Waals surface area contributed by atoms with E-state index in [1.165, 1.54) is 18.2 Å². The number of nitrogens with one attached hydrogen (secondary N) is 1. The lowest BCUT2D eigenvalue weighted by Crippen LogP contribution is -2.43. The van der Waals surface area contributed by atoms with Gasteiger partial charge < -0.3 is 0 Å². The van der Waals surface area contributed by atoms with Crippen LogP contribution in [0.15, 0.2) is 47.4 Å². The third-order valence-electron chi connectivity index (χ3n) is 3.28. The predicted octanol–water partition coefficient (Wildman–Crippen LogP) is 1.97. The second kappa shape index (κ2) is 7.16. The fourth-order valence-corrected chi connectivity index (χ4v) is 3.54. The molecule has 0 fully saturated rings. The van der Waals surface area contributed by atoms with E-state index in [0.717, 1.165) is 28.6 Å². The molecule has 3 N–H and O–H groups in total. The number of nitrogens with two attached hydrogens (primary N) is 1. The van der Waals surface area contributed by atoms with E-state index in [-0.39, 0.29) is 10.6 Å². The normalized spacial score (nSPS) is 11.2. The van der Waals surface area contributed by atoms with E-state index in [0.29, 0.717) is 10.6 Å². The smallest absolute Gasteiger partial charge is 0.264 e. The first-order chi connectivity index (χ1) is 11.3. The molecule has 128 valence electrons. The minimum atomic E-state index is -4.10. The highest BCUT2D eigenvalue weighted by atomic mass is 35.5. The Labute approximate surface area is 144 Å². The average Bonchev–Trinajstić information content (AvgIpc) is 2.55. The molecule has 0 saturated heterocycles. The van der Waals surface area contributed by atoms with Crippen molar-refractivity contribution in [2.24, 2.45) is 5.84 Å². The largest absolute Gasteiger partial charge is 0.293 e. The summed E-state index contributed by atoms with van der Waals surface area (Å²) in [6.45, 7) is 1.18. The molecule has 2 rings (SSSR count). The summed E-state index contributed by atoms with van der Waals surface area (Å²) in [5, 5.41) is 0.459. The Morgan fingerprint density at radius 1 is 1.25 bits per heavy atom. The molecule has 0 aromatic heterocycles. The Balaban J connectivity index is 2.54. The Bertz CT molecular complexity index is 857. The Morgan fingerprint density at radius 2 is 1.88 bits per heavy atom. The maximum atomic E-state index is 13.1. The molecule has 0 atom stereocenters. The summed E-state index contributed by atoms with van der Waals surface area (Å²) in [5.41, 5.74) is 2.77. The summed E-state index contributed by atoms with van der Waals surface area (Å²) in [6, 6.07) is 8.84. The first kappa shape index (κ1) is 18.2. The molecule has 0 aliphatic heterocycles. The second-order valence-electron chi connectivity index (χ2n) is 4.97. The average molecular weight is 372 g/mol. The van der Waals surface area contributed by atoms with Crippen LogP contribution in [0.5, 0.6) is 0 Å². The van der Waals surface area contributed by atoms with Crippen molar-refractivity contribution in [3.05, 3.63) is 58.9 Å². The number of anilines is 1. The molecule has 0 aliphatic carbocycles. The van der Waals surface area contributed by atoms with Crippen LogP contribution in [0.25, 0.3) is 0 Å². The van der Waals surface area contributed by atoms with Crippen LogP contribution >= 0.6 is 11.6 Å². The highest BCUT2D eigenvalue weighted by Crippen LogP contribution is 2.27. The molecule has 0 unspecified atom stereocenters. The van der Waals surface area contributed by atoms with E-state index >= 15 is 0 Å². The molecular formula is C15H15ClFN3O3S. The van der Waals surface area contributed by atoms with Crippen molar-refractivity contribution in [2.45, 2.75) is 11.8 Å². The first-order valence-corrected chi connectivity index (χ1v) is 8.61. The van der Waals surface area contributed by atoms with Crippen molar-refractivity contribution in [3.63, 3.8) is 0 Å². The van der Waals surface area contributed by atoms with Crippen LogP contribution in [0, 0.1) is 12.7 Å². The number of benzene rings is 2. The van der Waals surface area contributed by atoms with E-state index in [4.69, 9.17) is 17.4 Å². The van der Waals surface area contributed by atoms with Crippen molar-refractivity contribution in [3.8, 4) is 0 Å². The summed E-state index contributed by atoms with van der Waals surface area (Å²) < 4.78 is 39.6. The van der Waals surface area contributed by atoms with Crippen LogP contribution in [-0.4, -0.2) is 20.9 Å². The molecule has 0 spiro atoms. The van der Waals surface area contributed by atoms with E-state index in [9.17, 15) is 17.6 Å². The van der Waals surface area contributed by atoms with Gasteiger partial charge in [0.15, 0.2) is 0 Å². The van der Waals surface area contributed by atoms with Gasteiger partial charge in [0.2, 0.25) is 0 Å². The zero-order valence-electron chi connectivity index (χ0n) is 12.7. The number of amides is 1. The van der Waals surface area contributed by atoms with Gasteiger partial charge in [0, 0.05) is 5.02 Å². The van der Waals surface area contributed by atoms with Crippen LogP contribution in [0.1, 0.15) is 5.56 Å². The molecule has 9 heteroatoms. The molecule has 2 aromatic carbocycles. The standard InChI is InChI=1S/C15H15ClFN3O3S/c1-10-8-12(4-7-14(10)16)20(9-15(21)19-18)24(22,23)13-5-2-11(17)3-6-13/h2-8H,9,18H2,1H3,(H,19,21). The molecule has 24 heavy (non-hydrogen) atoms. The molecule has 0 bridgehead atoms. The van der Waals surface area contributed by atoms with E-state index < -0.39 is 28.3 Å². The number of nitrogens with zero attached hydrogens (tertiary/aromatic N) is 1. The number of carbonyl (C=O) groups excluding carboxylic acids is 1. The molecule has 0 aliphatic rings.